The van der Waals surface area contributed by atoms with Gasteiger partial charge in [-0.2, -0.15) is 0 Å². The summed E-state index contributed by atoms with van der Waals surface area (Å²) < 4.78 is 10.4. The third kappa shape index (κ3) is 2.76. The van der Waals surface area contributed by atoms with Gasteiger partial charge in [0.2, 0.25) is 11.5 Å². The van der Waals surface area contributed by atoms with Crippen molar-refractivity contribution in [2.24, 2.45) is 0 Å². The maximum absolute atomic E-state index is 12.3. The van der Waals surface area contributed by atoms with E-state index in [1.165, 1.54) is 19.2 Å². The monoisotopic (exact) mass is 322 g/mol. The van der Waals surface area contributed by atoms with Crippen molar-refractivity contribution in [1.29, 1.82) is 0 Å². The van der Waals surface area contributed by atoms with Crippen molar-refractivity contribution in [3.8, 4) is 0 Å². The van der Waals surface area contributed by atoms with Crippen LogP contribution in [-0.2, 0) is 4.74 Å². The van der Waals surface area contributed by atoms with Crippen LogP contribution in [0.1, 0.15) is 32.2 Å². The zero-order valence-electron chi connectivity index (χ0n) is 10.4. The van der Waals surface area contributed by atoms with Gasteiger partial charge < -0.3 is 9.15 Å². The summed E-state index contributed by atoms with van der Waals surface area (Å²) in [7, 11) is 1.25. The van der Waals surface area contributed by atoms with Crippen molar-refractivity contribution in [3.63, 3.8) is 0 Å². The average molecular weight is 323 g/mol. The first-order chi connectivity index (χ1) is 9.02. The number of hydrogen-bond donors (Lipinski definition) is 0. The number of methoxy groups -OCH3 is 1. The van der Waals surface area contributed by atoms with Crippen LogP contribution in [0, 0.1) is 6.92 Å². The van der Waals surface area contributed by atoms with Gasteiger partial charge in [-0.3, -0.25) is 4.79 Å². The number of carbonyl (C=O) groups excluding carboxylic acids is 2. The summed E-state index contributed by atoms with van der Waals surface area (Å²) in [6, 6.07) is 8.33. The highest BCUT2D eigenvalue weighted by Crippen LogP contribution is 2.22. The summed E-state index contributed by atoms with van der Waals surface area (Å²) in [6.07, 6.45) is 0. The number of carbonyl (C=O) groups is 2. The van der Waals surface area contributed by atoms with Crippen LogP contribution in [0.5, 0.6) is 0 Å². The molecule has 0 radical (unpaired) electrons. The Labute approximate surface area is 118 Å². The van der Waals surface area contributed by atoms with E-state index in [0.717, 1.165) is 5.56 Å². The number of furan rings is 1. The fraction of sp³-hybridized carbons (Fsp3) is 0.143. The van der Waals surface area contributed by atoms with Crippen molar-refractivity contribution in [2.75, 3.05) is 7.11 Å². The second-order valence-electron chi connectivity index (χ2n) is 3.97. The number of halogens is 1. The molecule has 2 rings (SSSR count). The third-order valence-corrected chi connectivity index (χ3v) is 3.27. The van der Waals surface area contributed by atoms with E-state index in [2.05, 4.69) is 20.7 Å². The minimum atomic E-state index is -0.609. The number of esters is 1. The first-order valence-corrected chi connectivity index (χ1v) is 6.31. The Balaban J connectivity index is 2.36. The summed E-state index contributed by atoms with van der Waals surface area (Å²) in [4.78, 5) is 23.5. The van der Waals surface area contributed by atoms with Crippen molar-refractivity contribution in [3.05, 3.63) is 57.5 Å². The molecule has 0 aliphatic carbocycles. The number of aryl methyl sites for hydroxylation is 1. The van der Waals surface area contributed by atoms with Gasteiger partial charge in [-0.25, -0.2) is 4.79 Å². The zero-order valence-corrected chi connectivity index (χ0v) is 12.0. The molecular formula is C14H11BrO4. The molecule has 0 atom stereocenters. The predicted octanol–water partition coefficient (Wildman–Crippen LogP) is 3.37. The van der Waals surface area contributed by atoms with Crippen molar-refractivity contribution in [1.82, 2.24) is 0 Å². The molecule has 0 fully saturated rings. The minimum Gasteiger partial charge on any atom is -0.463 e. The highest BCUT2D eigenvalue weighted by molar-refractivity contribution is 9.10. The van der Waals surface area contributed by atoms with E-state index < -0.39 is 5.97 Å². The van der Waals surface area contributed by atoms with Gasteiger partial charge in [0.05, 0.1) is 7.11 Å². The Kier molecular flexibility index (Phi) is 3.85. The molecule has 5 heteroatoms. The standard InChI is InChI=1S/C14H11BrO4/c1-8-3-4-10(15)9(7-8)13(16)11-5-6-12(19-11)14(17)18-2/h3-7H,1-2H3. The van der Waals surface area contributed by atoms with E-state index in [1.54, 1.807) is 12.1 Å². The fourth-order valence-electron chi connectivity index (χ4n) is 1.62. The lowest BCUT2D eigenvalue weighted by Crippen LogP contribution is -2.02. The number of ketones is 1. The van der Waals surface area contributed by atoms with Crippen molar-refractivity contribution < 1.29 is 18.7 Å². The van der Waals surface area contributed by atoms with Gasteiger partial charge in [0, 0.05) is 10.0 Å². The van der Waals surface area contributed by atoms with Crippen LogP contribution in [0.15, 0.2) is 39.2 Å². The van der Waals surface area contributed by atoms with Crippen LogP contribution in [-0.4, -0.2) is 18.9 Å². The van der Waals surface area contributed by atoms with E-state index in [0.29, 0.717) is 10.0 Å². The lowest BCUT2D eigenvalue weighted by molar-refractivity contribution is 0.0563. The summed E-state index contributed by atoms with van der Waals surface area (Å²) >= 11 is 3.32. The van der Waals surface area contributed by atoms with E-state index >= 15 is 0 Å². The smallest absolute Gasteiger partial charge is 0.373 e. The van der Waals surface area contributed by atoms with Gasteiger partial charge in [-0.1, -0.05) is 27.6 Å². The van der Waals surface area contributed by atoms with Gasteiger partial charge in [0.25, 0.3) is 0 Å². The number of rotatable bonds is 3. The normalized spacial score (nSPS) is 10.3. The lowest BCUT2D eigenvalue weighted by atomic mass is 10.1. The van der Waals surface area contributed by atoms with Crippen molar-refractivity contribution in [2.45, 2.75) is 6.92 Å². The molecule has 19 heavy (non-hydrogen) atoms. The molecule has 0 N–H and O–H groups in total. The first kappa shape index (κ1) is 13.5. The second-order valence-corrected chi connectivity index (χ2v) is 4.82. The Morgan fingerprint density at radius 3 is 2.53 bits per heavy atom. The molecule has 1 heterocycles. The summed E-state index contributed by atoms with van der Waals surface area (Å²) in [6.45, 7) is 1.89. The molecule has 98 valence electrons. The number of ether oxygens (including phenoxy) is 1. The first-order valence-electron chi connectivity index (χ1n) is 5.52. The molecule has 0 spiro atoms. The predicted molar refractivity (Wildman–Crippen MR) is 72.4 cm³/mol. The van der Waals surface area contributed by atoms with Crippen LogP contribution < -0.4 is 0 Å². The molecule has 0 saturated carbocycles. The third-order valence-electron chi connectivity index (χ3n) is 2.58. The van der Waals surface area contributed by atoms with E-state index in [9.17, 15) is 9.59 Å². The van der Waals surface area contributed by atoms with Crippen LogP contribution in [0.2, 0.25) is 0 Å². The highest BCUT2D eigenvalue weighted by atomic mass is 79.9. The van der Waals surface area contributed by atoms with Crippen LogP contribution >= 0.6 is 15.9 Å². The van der Waals surface area contributed by atoms with Gasteiger partial charge in [-0.05, 0) is 31.2 Å². The lowest BCUT2D eigenvalue weighted by Gasteiger charge is -2.02. The van der Waals surface area contributed by atoms with Gasteiger partial charge in [-0.15, -0.1) is 0 Å². The maximum atomic E-state index is 12.3. The van der Waals surface area contributed by atoms with Gasteiger partial charge in [0.15, 0.2) is 5.76 Å². The SMILES string of the molecule is COC(=O)c1ccc(C(=O)c2cc(C)ccc2Br)o1. The van der Waals surface area contributed by atoms with Crippen LogP contribution in [0.4, 0.5) is 0 Å². The molecule has 0 bridgehead atoms. The highest BCUT2D eigenvalue weighted by Gasteiger charge is 2.19. The minimum absolute atomic E-state index is 0.00891. The second kappa shape index (κ2) is 5.40. The molecule has 2 aromatic rings. The molecule has 0 unspecified atom stereocenters. The summed E-state index contributed by atoms with van der Waals surface area (Å²) in [5, 5.41) is 0. The molecule has 0 aliphatic heterocycles. The molecule has 4 nitrogen and oxygen atoms in total. The summed E-state index contributed by atoms with van der Waals surface area (Å²) in [5.74, 6) is -0.783. The Morgan fingerprint density at radius 1 is 1.16 bits per heavy atom. The largest absolute Gasteiger partial charge is 0.463 e. The van der Waals surface area contributed by atoms with Crippen molar-refractivity contribution >= 4 is 27.7 Å². The fourth-order valence-corrected chi connectivity index (χ4v) is 2.04. The van der Waals surface area contributed by atoms with Gasteiger partial charge in [0.1, 0.15) is 0 Å². The Morgan fingerprint density at radius 2 is 1.84 bits per heavy atom. The topological polar surface area (TPSA) is 56.5 Å². The van der Waals surface area contributed by atoms with E-state index in [1.807, 2.05) is 13.0 Å². The molecule has 1 aromatic heterocycles. The quantitative estimate of drug-likeness (QED) is 0.642. The maximum Gasteiger partial charge on any atom is 0.373 e. The van der Waals surface area contributed by atoms with E-state index in [4.69, 9.17) is 4.42 Å². The molecule has 0 saturated heterocycles. The number of hydrogen-bond acceptors (Lipinski definition) is 4. The Hall–Kier alpha value is -1.88. The van der Waals surface area contributed by atoms with E-state index in [-0.39, 0.29) is 17.3 Å². The van der Waals surface area contributed by atoms with Gasteiger partial charge >= 0.3 is 5.97 Å². The molecular weight excluding hydrogens is 312 g/mol. The van der Waals surface area contributed by atoms with Crippen LogP contribution in [0.3, 0.4) is 0 Å². The molecule has 0 aliphatic rings. The summed E-state index contributed by atoms with van der Waals surface area (Å²) in [5.41, 5.74) is 1.46. The average Bonchev–Trinajstić information content (AvgIpc) is 2.89. The zero-order chi connectivity index (χ0) is 14.0. The number of benzene rings is 1. The Bertz CT molecular complexity index is 643. The van der Waals surface area contributed by atoms with Crippen LogP contribution in [0.25, 0.3) is 0 Å². The molecule has 0 amide bonds. The molecule has 1 aromatic carbocycles.